The normalized spacial score (nSPS) is 13.7. The molecule has 1 aromatic heterocycles. The van der Waals surface area contributed by atoms with Gasteiger partial charge >= 0.3 is 5.97 Å². The molecule has 0 saturated heterocycles. The van der Waals surface area contributed by atoms with Gasteiger partial charge in [-0.05, 0) is 35.4 Å². The van der Waals surface area contributed by atoms with Gasteiger partial charge in [0.2, 0.25) is 5.78 Å². The van der Waals surface area contributed by atoms with Gasteiger partial charge in [-0.15, -0.1) is 0 Å². The third-order valence-electron chi connectivity index (χ3n) is 4.22. The molecule has 144 valence electrons. The molecule has 3 aromatic rings. The number of rotatable bonds is 6. The number of fused-ring (bicyclic) bond motifs is 1. The van der Waals surface area contributed by atoms with E-state index >= 15 is 0 Å². The first-order valence-corrected chi connectivity index (χ1v) is 9.00. The second kappa shape index (κ2) is 8.39. The lowest BCUT2D eigenvalue weighted by Crippen LogP contribution is -2.14. The van der Waals surface area contributed by atoms with Gasteiger partial charge in [-0.1, -0.05) is 36.4 Å². The Morgan fingerprint density at radius 3 is 2.72 bits per heavy atom. The van der Waals surface area contributed by atoms with E-state index in [4.69, 9.17) is 14.2 Å². The molecule has 6 heteroatoms. The van der Waals surface area contributed by atoms with Gasteiger partial charge in [0.15, 0.2) is 12.4 Å². The van der Waals surface area contributed by atoms with Crippen LogP contribution in [0.25, 0.3) is 6.08 Å². The molecule has 0 unspecified atom stereocenters. The molecule has 29 heavy (non-hydrogen) atoms. The molecule has 1 aliphatic rings. The molecule has 1 aliphatic heterocycles. The first kappa shape index (κ1) is 18.4. The van der Waals surface area contributed by atoms with Gasteiger partial charge in [-0.2, -0.15) is 0 Å². The number of aromatic nitrogens is 1. The van der Waals surface area contributed by atoms with Crippen LogP contribution in [-0.2, 0) is 16.1 Å². The fourth-order valence-electron chi connectivity index (χ4n) is 2.79. The molecule has 0 spiro atoms. The maximum atomic E-state index is 12.5. The number of Topliss-reactive ketones (excluding diaryl/α,β-unsaturated/α-hetero) is 1. The highest BCUT2D eigenvalue weighted by molar-refractivity contribution is 6.14. The summed E-state index contributed by atoms with van der Waals surface area (Å²) >= 11 is 0. The summed E-state index contributed by atoms with van der Waals surface area (Å²) < 4.78 is 16.3. The van der Waals surface area contributed by atoms with Crippen LogP contribution in [0.2, 0.25) is 0 Å². The summed E-state index contributed by atoms with van der Waals surface area (Å²) in [6, 6.07) is 17.8. The van der Waals surface area contributed by atoms with Crippen LogP contribution in [0.5, 0.6) is 11.5 Å². The van der Waals surface area contributed by atoms with Crippen LogP contribution in [-0.4, -0.2) is 23.3 Å². The summed E-state index contributed by atoms with van der Waals surface area (Å²) in [5, 5.41) is 0. The highest BCUT2D eigenvalue weighted by Gasteiger charge is 2.27. The van der Waals surface area contributed by atoms with E-state index in [2.05, 4.69) is 4.98 Å². The molecule has 2 aromatic carbocycles. The van der Waals surface area contributed by atoms with Crippen LogP contribution < -0.4 is 9.47 Å². The van der Waals surface area contributed by atoms with E-state index in [9.17, 15) is 9.59 Å². The lowest BCUT2D eigenvalue weighted by molar-refractivity contribution is -0.147. The molecule has 0 fully saturated rings. The summed E-state index contributed by atoms with van der Waals surface area (Å²) in [6.07, 6.45) is 4.93. The molecule has 0 atom stereocenters. The highest BCUT2D eigenvalue weighted by atomic mass is 16.6. The molecule has 0 amide bonds. The van der Waals surface area contributed by atoms with Gasteiger partial charge in [0.25, 0.3) is 0 Å². The lowest BCUT2D eigenvalue weighted by Gasteiger charge is -2.08. The second-order valence-corrected chi connectivity index (χ2v) is 6.32. The van der Waals surface area contributed by atoms with E-state index in [0.717, 1.165) is 11.1 Å². The minimum Gasteiger partial charge on any atom is -0.482 e. The van der Waals surface area contributed by atoms with E-state index in [0.29, 0.717) is 17.1 Å². The summed E-state index contributed by atoms with van der Waals surface area (Å²) in [7, 11) is 0. The number of allylic oxidation sites excluding steroid dienone is 1. The van der Waals surface area contributed by atoms with Crippen molar-refractivity contribution in [3.63, 3.8) is 0 Å². The molecular weight excluding hydrogens is 370 g/mol. The fraction of sp³-hybridized carbons (Fsp3) is 0.0870. The average Bonchev–Trinajstić information content (AvgIpc) is 3.07. The Balaban J connectivity index is 1.36. The Labute approximate surface area is 167 Å². The number of pyridine rings is 1. The molecule has 0 N–H and O–H groups in total. The standard InChI is InChI=1S/C23H17NO5/c25-22(28-14-16-5-2-1-3-6-16)15-27-18-8-9-19-20(12-18)29-21(23(19)26)11-17-7-4-10-24-13-17/h1-13H,14-15H2/b21-11-. The molecular formula is C23H17NO5. The smallest absolute Gasteiger partial charge is 0.344 e. The third-order valence-corrected chi connectivity index (χ3v) is 4.22. The van der Waals surface area contributed by atoms with Crippen molar-refractivity contribution in [1.82, 2.24) is 4.98 Å². The number of benzene rings is 2. The van der Waals surface area contributed by atoms with E-state index in [1.807, 2.05) is 36.4 Å². The predicted molar refractivity (Wildman–Crippen MR) is 105 cm³/mol. The topological polar surface area (TPSA) is 74.7 Å². The van der Waals surface area contributed by atoms with Crippen LogP contribution in [0.3, 0.4) is 0 Å². The number of esters is 1. The number of nitrogens with zero attached hydrogens (tertiary/aromatic N) is 1. The van der Waals surface area contributed by atoms with Gasteiger partial charge in [-0.3, -0.25) is 9.78 Å². The quantitative estimate of drug-likeness (QED) is 0.473. The zero-order chi connectivity index (χ0) is 20.1. The van der Waals surface area contributed by atoms with Crippen LogP contribution in [0.15, 0.2) is 78.8 Å². The lowest BCUT2D eigenvalue weighted by atomic mass is 10.1. The summed E-state index contributed by atoms with van der Waals surface area (Å²) in [4.78, 5) is 28.4. The van der Waals surface area contributed by atoms with Gasteiger partial charge in [0, 0.05) is 18.5 Å². The predicted octanol–water partition coefficient (Wildman–Crippen LogP) is 3.82. The number of ketones is 1. The largest absolute Gasteiger partial charge is 0.482 e. The maximum absolute atomic E-state index is 12.5. The Hall–Kier alpha value is -3.93. The molecule has 0 radical (unpaired) electrons. The number of hydrogen-bond acceptors (Lipinski definition) is 6. The average molecular weight is 387 g/mol. The van der Waals surface area contributed by atoms with E-state index in [1.165, 1.54) is 0 Å². The van der Waals surface area contributed by atoms with Gasteiger partial charge in [-0.25, -0.2) is 4.79 Å². The van der Waals surface area contributed by atoms with Crippen molar-refractivity contribution in [2.75, 3.05) is 6.61 Å². The minimum absolute atomic E-state index is 0.188. The second-order valence-electron chi connectivity index (χ2n) is 6.32. The Morgan fingerprint density at radius 2 is 1.93 bits per heavy atom. The van der Waals surface area contributed by atoms with Crippen molar-refractivity contribution in [3.8, 4) is 11.5 Å². The third kappa shape index (κ3) is 4.50. The SMILES string of the molecule is O=C(COc1ccc2c(c1)O/C(=C\c1cccnc1)C2=O)OCc1ccccc1. The van der Waals surface area contributed by atoms with Gasteiger partial charge in [0.1, 0.15) is 18.1 Å². The number of carbonyl (C=O) groups is 2. The van der Waals surface area contributed by atoms with Crippen molar-refractivity contribution in [3.05, 3.63) is 95.5 Å². The molecule has 0 aliphatic carbocycles. The molecule has 6 nitrogen and oxygen atoms in total. The first-order chi connectivity index (χ1) is 14.2. The molecule has 0 bridgehead atoms. The zero-order valence-corrected chi connectivity index (χ0v) is 15.4. The molecule has 0 saturated carbocycles. The van der Waals surface area contributed by atoms with Crippen molar-refractivity contribution in [1.29, 1.82) is 0 Å². The monoisotopic (exact) mass is 387 g/mol. The zero-order valence-electron chi connectivity index (χ0n) is 15.4. The summed E-state index contributed by atoms with van der Waals surface area (Å²) in [5.41, 5.74) is 2.11. The first-order valence-electron chi connectivity index (χ1n) is 9.00. The Morgan fingerprint density at radius 1 is 1.07 bits per heavy atom. The number of hydrogen-bond donors (Lipinski definition) is 0. The van der Waals surface area contributed by atoms with E-state index in [1.54, 1.807) is 42.7 Å². The molecule has 2 heterocycles. The van der Waals surface area contributed by atoms with Crippen molar-refractivity contribution in [2.45, 2.75) is 6.61 Å². The van der Waals surface area contributed by atoms with E-state index < -0.39 is 5.97 Å². The van der Waals surface area contributed by atoms with Crippen molar-refractivity contribution < 1.29 is 23.8 Å². The number of carbonyl (C=O) groups excluding carboxylic acids is 2. The van der Waals surface area contributed by atoms with Crippen molar-refractivity contribution >= 4 is 17.8 Å². The van der Waals surface area contributed by atoms with Crippen LogP contribution >= 0.6 is 0 Å². The van der Waals surface area contributed by atoms with Crippen LogP contribution in [0.1, 0.15) is 21.5 Å². The summed E-state index contributed by atoms with van der Waals surface area (Å²) in [5.74, 6) is 0.324. The minimum atomic E-state index is -0.483. The van der Waals surface area contributed by atoms with Gasteiger partial charge in [0.05, 0.1) is 5.56 Å². The van der Waals surface area contributed by atoms with Crippen LogP contribution in [0, 0.1) is 0 Å². The van der Waals surface area contributed by atoms with E-state index in [-0.39, 0.29) is 24.8 Å². The van der Waals surface area contributed by atoms with Crippen molar-refractivity contribution in [2.24, 2.45) is 0 Å². The maximum Gasteiger partial charge on any atom is 0.344 e. The summed E-state index contributed by atoms with van der Waals surface area (Å²) in [6.45, 7) is -0.0503. The Kier molecular flexibility index (Phi) is 5.33. The highest BCUT2D eigenvalue weighted by Crippen LogP contribution is 2.34. The van der Waals surface area contributed by atoms with Crippen LogP contribution in [0.4, 0.5) is 0 Å². The number of ether oxygens (including phenoxy) is 3. The molecule has 4 rings (SSSR count). The fourth-order valence-corrected chi connectivity index (χ4v) is 2.79. The van der Waals surface area contributed by atoms with Gasteiger partial charge < -0.3 is 14.2 Å². The Bertz CT molecular complexity index is 1060.